The highest BCUT2D eigenvalue weighted by molar-refractivity contribution is 5.13. The maximum Gasteiger partial charge on any atom is 0.138 e. The zero-order valence-corrected chi connectivity index (χ0v) is 8.42. The van der Waals surface area contributed by atoms with Crippen molar-refractivity contribution in [3.05, 3.63) is 36.3 Å². The molecule has 0 fully saturated rings. The molecule has 2 aromatic rings. The van der Waals surface area contributed by atoms with Crippen molar-refractivity contribution in [2.75, 3.05) is 0 Å². The molecule has 0 bridgehead atoms. The number of nitrogens with zero attached hydrogens (tertiary/aromatic N) is 3. The molecule has 0 aromatic carbocycles. The Morgan fingerprint density at radius 1 is 1.67 bits per heavy atom. The summed E-state index contributed by atoms with van der Waals surface area (Å²) in [7, 11) is 1.85. The summed E-state index contributed by atoms with van der Waals surface area (Å²) in [6.45, 7) is 0. The molecular weight excluding hydrogens is 194 g/mol. The molecule has 6 nitrogen and oxygen atoms in total. The predicted molar refractivity (Wildman–Crippen MR) is 53.5 cm³/mol. The summed E-state index contributed by atoms with van der Waals surface area (Å²) in [5, 5.41) is 4.00. The first kappa shape index (κ1) is 9.88. The first-order chi connectivity index (χ1) is 7.31. The molecule has 2 heterocycles. The van der Waals surface area contributed by atoms with Crippen LogP contribution in [-0.2, 0) is 13.5 Å². The van der Waals surface area contributed by atoms with Crippen LogP contribution in [0.3, 0.4) is 0 Å². The summed E-state index contributed by atoms with van der Waals surface area (Å²) in [4.78, 5) is 4.14. The van der Waals surface area contributed by atoms with Crippen LogP contribution in [0, 0.1) is 0 Å². The van der Waals surface area contributed by atoms with E-state index in [-0.39, 0.29) is 6.04 Å². The fourth-order valence-electron chi connectivity index (χ4n) is 1.43. The number of hydrazine groups is 1. The van der Waals surface area contributed by atoms with Gasteiger partial charge in [0.15, 0.2) is 0 Å². The third-order valence-electron chi connectivity index (χ3n) is 2.34. The van der Waals surface area contributed by atoms with E-state index in [2.05, 4.69) is 15.5 Å². The Kier molecular flexibility index (Phi) is 2.79. The van der Waals surface area contributed by atoms with Crippen LogP contribution in [0.15, 0.2) is 29.3 Å². The molecule has 0 spiro atoms. The fraction of sp³-hybridized carbons (Fsp3) is 0.333. The molecule has 0 aliphatic heterocycles. The molecule has 6 heteroatoms. The van der Waals surface area contributed by atoms with Crippen molar-refractivity contribution < 1.29 is 4.42 Å². The Hall–Kier alpha value is -1.66. The average Bonchev–Trinajstić information content (AvgIpc) is 2.86. The first-order valence-electron chi connectivity index (χ1n) is 4.62. The average molecular weight is 207 g/mol. The minimum Gasteiger partial charge on any atom is -0.472 e. The minimum absolute atomic E-state index is 0.00773. The van der Waals surface area contributed by atoms with Crippen molar-refractivity contribution in [1.82, 2.24) is 20.2 Å². The van der Waals surface area contributed by atoms with Crippen molar-refractivity contribution in [3.8, 4) is 0 Å². The highest BCUT2D eigenvalue weighted by Gasteiger charge is 2.14. The van der Waals surface area contributed by atoms with Crippen molar-refractivity contribution in [3.63, 3.8) is 0 Å². The Labute approximate surface area is 87.1 Å². The van der Waals surface area contributed by atoms with Gasteiger partial charge in [-0.3, -0.25) is 16.0 Å². The van der Waals surface area contributed by atoms with E-state index < -0.39 is 0 Å². The van der Waals surface area contributed by atoms with E-state index in [1.807, 2.05) is 13.1 Å². The van der Waals surface area contributed by atoms with Crippen molar-refractivity contribution >= 4 is 0 Å². The van der Waals surface area contributed by atoms with Gasteiger partial charge in [0, 0.05) is 19.0 Å². The largest absolute Gasteiger partial charge is 0.472 e. The molecule has 80 valence electrons. The van der Waals surface area contributed by atoms with E-state index in [1.165, 1.54) is 6.33 Å². The van der Waals surface area contributed by atoms with E-state index in [4.69, 9.17) is 10.3 Å². The van der Waals surface area contributed by atoms with Gasteiger partial charge in [0.25, 0.3) is 0 Å². The van der Waals surface area contributed by atoms with Gasteiger partial charge in [-0.15, -0.1) is 0 Å². The lowest BCUT2D eigenvalue weighted by molar-refractivity contribution is 0.508. The van der Waals surface area contributed by atoms with Crippen molar-refractivity contribution in [2.24, 2.45) is 12.9 Å². The molecule has 0 radical (unpaired) electrons. The van der Waals surface area contributed by atoms with Crippen LogP contribution in [0.25, 0.3) is 0 Å². The van der Waals surface area contributed by atoms with Crippen molar-refractivity contribution in [2.45, 2.75) is 12.5 Å². The Morgan fingerprint density at radius 2 is 2.53 bits per heavy atom. The summed E-state index contributed by atoms with van der Waals surface area (Å²) in [6, 6.07) is 1.87. The molecule has 0 saturated carbocycles. The van der Waals surface area contributed by atoms with Gasteiger partial charge < -0.3 is 4.42 Å². The zero-order chi connectivity index (χ0) is 10.7. The zero-order valence-electron chi connectivity index (χ0n) is 8.42. The van der Waals surface area contributed by atoms with Crippen LogP contribution < -0.4 is 11.3 Å². The lowest BCUT2D eigenvalue weighted by Gasteiger charge is -2.12. The molecule has 15 heavy (non-hydrogen) atoms. The molecule has 3 N–H and O–H groups in total. The number of nitrogens with one attached hydrogen (secondary N) is 1. The summed E-state index contributed by atoms with van der Waals surface area (Å²) in [5.74, 6) is 6.36. The second-order valence-corrected chi connectivity index (χ2v) is 3.28. The monoisotopic (exact) mass is 207 g/mol. The van der Waals surface area contributed by atoms with Gasteiger partial charge in [-0.1, -0.05) is 0 Å². The molecule has 0 aliphatic carbocycles. The molecular formula is C9H13N5O. The van der Waals surface area contributed by atoms with Gasteiger partial charge in [-0.2, -0.15) is 5.10 Å². The molecule has 2 aromatic heterocycles. The number of hydrogen-bond acceptors (Lipinski definition) is 5. The maximum absolute atomic E-state index is 5.48. The summed E-state index contributed by atoms with van der Waals surface area (Å²) in [6.07, 6.45) is 5.49. The van der Waals surface area contributed by atoms with E-state index in [9.17, 15) is 0 Å². The Bertz CT molecular complexity index is 408. The van der Waals surface area contributed by atoms with Crippen LogP contribution in [0.1, 0.15) is 17.4 Å². The van der Waals surface area contributed by atoms with Crippen LogP contribution in [0.2, 0.25) is 0 Å². The van der Waals surface area contributed by atoms with Crippen molar-refractivity contribution in [1.29, 1.82) is 0 Å². The summed E-state index contributed by atoms with van der Waals surface area (Å²) >= 11 is 0. The van der Waals surface area contributed by atoms with Gasteiger partial charge in [-0.25, -0.2) is 4.98 Å². The Balaban J connectivity index is 2.13. The normalized spacial score (nSPS) is 12.9. The number of furan rings is 1. The van der Waals surface area contributed by atoms with E-state index in [0.29, 0.717) is 6.42 Å². The quantitative estimate of drug-likeness (QED) is 0.551. The maximum atomic E-state index is 5.48. The number of aromatic nitrogens is 3. The van der Waals surface area contributed by atoms with Gasteiger partial charge in [0.2, 0.25) is 0 Å². The molecule has 0 saturated heterocycles. The number of hydrogen-bond donors (Lipinski definition) is 2. The highest BCUT2D eigenvalue weighted by atomic mass is 16.3. The fourth-order valence-corrected chi connectivity index (χ4v) is 1.43. The van der Waals surface area contributed by atoms with Gasteiger partial charge in [-0.05, 0) is 6.07 Å². The third kappa shape index (κ3) is 2.05. The number of aryl methyl sites for hydroxylation is 1. The molecule has 2 rings (SSSR count). The topological polar surface area (TPSA) is 81.9 Å². The van der Waals surface area contributed by atoms with Gasteiger partial charge >= 0.3 is 0 Å². The smallest absolute Gasteiger partial charge is 0.138 e. The second-order valence-electron chi connectivity index (χ2n) is 3.28. The molecule has 0 amide bonds. The molecule has 1 atom stereocenters. The number of nitrogens with two attached hydrogens (primary N) is 1. The summed E-state index contributed by atoms with van der Waals surface area (Å²) < 4.78 is 6.73. The number of rotatable bonds is 4. The molecule has 0 aliphatic rings. The summed E-state index contributed by atoms with van der Waals surface area (Å²) in [5.41, 5.74) is 3.73. The second kappa shape index (κ2) is 4.24. The third-order valence-corrected chi connectivity index (χ3v) is 2.34. The van der Waals surface area contributed by atoms with Crippen LogP contribution in [0.4, 0.5) is 0 Å². The van der Waals surface area contributed by atoms with E-state index >= 15 is 0 Å². The van der Waals surface area contributed by atoms with E-state index in [0.717, 1.165) is 11.4 Å². The minimum atomic E-state index is -0.00773. The first-order valence-corrected chi connectivity index (χ1v) is 4.62. The predicted octanol–water partition coefficient (Wildman–Crippen LogP) is 0.155. The SMILES string of the molecule is Cn1ncnc1CC(NN)c1ccoc1. The lowest BCUT2D eigenvalue weighted by atomic mass is 10.1. The Morgan fingerprint density at radius 3 is 3.07 bits per heavy atom. The van der Waals surface area contributed by atoms with Crippen LogP contribution >= 0.6 is 0 Å². The highest BCUT2D eigenvalue weighted by Crippen LogP contribution is 2.16. The van der Waals surface area contributed by atoms with Crippen LogP contribution in [0.5, 0.6) is 0 Å². The standard InChI is InChI=1S/C9H13N5O/c1-14-9(11-6-12-14)4-8(13-10)7-2-3-15-5-7/h2-3,5-6,8,13H,4,10H2,1H3. The van der Waals surface area contributed by atoms with E-state index in [1.54, 1.807) is 17.2 Å². The van der Waals surface area contributed by atoms with Gasteiger partial charge in [0.05, 0.1) is 18.6 Å². The molecule has 1 unspecified atom stereocenters. The van der Waals surface area contributed by atoms with Gasteiger partial charge in [0.1, 0.15) is 12.2 Å². The van der Waals surface area contributed by atoms with Crippen LogP contribution in [-0.4, -0.2) is 14.8 Å². The lowest BCUT2D eigenvalue weighted by Crippen LogP contribution is -2.30.